The Bertz CT molecular complexity index is 328. The van der Waals surface area contributed by atoms with Gasteiger partial charge in [0, 0.05) is 13.1 Å². The molecule has 19 heavy (non-hydrogen) atoms. The molecule has 2 heterocycles. The van der Waals surface area contributed by atoms with E-state index in [1.54, 1.807) is 20.8 Å². The van der Waals surface area contributed by atoms with Crippen LogP contribution in [0.5, 0.6) is 0 Å². The zero-order valence-corrected chi connectivity index (χ0v) is 11.8. The van der Waals surface area contributed by atoms with E-state index in [2.05, 4.69) is 10.2 Å². The molecule has 2 aliphatic rings. The highest BCUT2D eigenvalue weighted by Crippen LogP contribution is 2.20. The first-order valence-electron chi connectivity index (χ1n) is 6.80. The summed E-state index contributed by atoms with van der Waals surface area (Å²) in [5, 5.41) is 2.63. The quantitative estimate of drug-likeness (QED) is 0.825. The lowest BCUT2D eigenvalue weighted by Crippen LogP contribution is -2.59. The number of carbonyl (C=O) groups excluding carboxylic acids is 1. The summed E-state index contributed by atoms with van der Waals surface area (Å²) >= 11 is 0. The number of hydrogen-bond acceptors (Lipinski definition) is 4. The number of rotatable bonds is 2. The zero-order valence-electron chi connectivity index (χ0n) is 11.8. The first-order valence-corrected chi connectivity index (χ1v) is 6.80. The highest BCUT2D eigenvalue weighted by atomic mass is 19.1. The molecule has 0 bridgehead atoms. The predicted octanol–water partition coefficient (Wildman–Crippen LogP) is 1.32. The van der Waals surface area contributed by atoms with Gasteiger partial charge in [-0.25, -0.2) is 9.18 Å². The number of ether oxygens (including phenoxy) is 2. The van der Waals surface area contributed by atoms with Crippen LogP contribution in [0, 0.1) is 0 Å². The molecule has 0 radical (unpaired) electrons. The molecule has 2 fully saturated rings. The molecule has 1 N–H and O–H groups in total. The SMILES string of the molecule is CC(C)(C)OC(=O)N[C@H]1CCN(C2COC2)C[C@H]1F. The number of piperidine rings is 1. The minimum absolute atomic E-state index is 0.348. The number of hydrogen-bond donors (Lipinski definition) is 1. The summed E-state index contributed by atoms with van der Waals surface area (Å²) in [5.74, 6) is 0. The van der Waals surface area contributed by atoms with Crippen LogP contribution in [0.25, 0.3) is 0 Å². The van der Waals surface area contributed by atoms with Crippen molar-refractivity contribution in [1.82, 2.24) is 10.2 Å². The number of nitrogens with one attached hydrogen (secondary N) is 1. The van der Waals surface area contributed by atoms with E-state index in [0.29, 0.717) is 32.2 Å². The van der Waals surface area contributed by atoms with Gasteiger partial charge in [0.05, 0.1) is 25.3 Å². The number of alkyl carbamates (subject to hydrolysis) is 1. The summed E-state index contributed by atoms with van der Waals surface area (Å²) in [7, 11) is 0. The Morgan fingerprint density at radius 1 is 1.42 bits per heavy atom. The fourth-order valence-corrected chi connectivity index (χ4v) is 2.32. The van der Waals surface area contributed by atoms with Crippen molar-refractivity contribution < 1.29 is 18.7 Å². The van der Waals surface area contributed by atoms with E-state index in [-0.39, 0.29) is 0 Å². The molecule has 0 spiro atoms. The molecular formula is C13H23FN2O3. The Morgan fingerprint density at radius 3 is 2.58 bits per heavy atom. The smallest absolute Gasteiger partial charge is 0.407 e. The number of amides is 1. The van der Waals surface area contributed by atoms with Crippen LogP contribution in [0.1, 0.15) is 27.2 Å². The maximum absolute atomic E-state index is 14.1. The van der Waals surface area contributed by atoms with Gasteiger partial charge in [0.2, 0.25) is 0 Å². The van der Waals surface area contributed by atoms with E-state index >= 15 is 0 Å². The lowest BCUT2D eigenvalue weighted by Gasteiger charge is -2.42. The molecule has 0 unspecified atom stereocenters. The molecule has 2 saturated heterocycles. The van der Waals surface area contributed by atoms with Crippen molar-refractivity contribution in [3.05, 3.63) is 0 Å². The third-order valence-electron chi connectivity index (χ3n) is 3.41. The van der Waals surface area contributed by atoms with E-state index in [0.717, 1.165) is 6.54 Å². The molecule has 2 atom stereocenters. The zero-order chi connectivity index (χ0) is 14.0. The molecule has 0 aromatic heterocycles. The van der Waals surface area contributed by atoms with Crippen molar-refractivity contribution >= 4 is 6.09 Å². The van der Waals surface area contributed by atoms with Gasteiger partial charge in [-0.05, 0) is 27.2 Å². The maximum Gasteiger partial charge on any atom is 0.407 e. The maximum atomic E-state index is 14.1. The lowest BCUT2D eigenvalue weighted by atomic mass is 10.0. The number of halogens is 1. The van der Waals surface area contributed by atoms with Crippen LogP contribution < -0.4 is 5.32 Å². The first-order chi connectivity index (χ1) is 8.85. The Hall–Kier alpha value is -0.880. The number of nitrogens with zero attached hydrogens (tertiary/aromatic N) is 1. The fraction of sp³-hybridized carbons (Fsp3) is 0.923. The summed E-state index contributed by atoms with van der Waals surface area (Å²) in [6.07, 6.45) is -0.987. The summed E-state index contributed by atoms with van der Waals surface area (Å²) in [6, 6.07) is -0.104. The van der Waals surface area contributed by atoms with E-state index in [1.807, 2.05) is 0 Å². The Labute approximate surface area is 113 Å². The van der Waals surface area contributed by atoms with Gasteiger partial charge in [-0.2, -0.15) is 0 Å². The van der Waals surface area contributed by atoms with Gasteiger partial charge in [0.25, 0.3) is 0 Å². The molecule has 110 valence electrons. The molecule has 0 saturated carbocycles. The first kappa shape index (κ1) is 14.5. The Balaban J connectivity index is 1.77. The van der Waals surface area contributed by atoms with E-state index in [9.17, 15) is 9.18 Å². The van der Waals surface area contributed by atoms with Crippen LogP contribution in [0.15, 0.2) is 0 Å². The molecule has 1 amide bonds. The van der Waals surface area contributed by atoms with Gasteiger partial charge in [0.1, 0.15) is 11.8 Å². The van der Waals surface area contributed by atoms with Gasteiger partial charge in [-0.1, -0.05) is 0 Å². The second-order valence-electron chi connectivity index (χ2n) is 6.24. The van der Waals surface area contributed by atoms with Gasteiger partial charge >= 0.3 is 6.09 Å². The van der Waals surface area contributed by atoms with Gasteiger partial charge in [-0.3, -0.25) is 4.90 Å². The Morgan fingerprint density at radius 2 is 2.11 bits per heavy atom. The second kappa shape index (κ2) is 5.63. The highest BCUT2D eigenvalue weighted by Gasteiger charge is 2.36. The van der Waals surface area contributed by atoms with Crippen molar-refractivity contribution in [2.24, 2.45) is 0 Å². The van der Waals surface area contributed by atoms with Crippen molar-refractivity contribution in [1.29, 1.82) is 0 Å². The topological polar surface area (TPSA) is 50.8 Å². The standard InChI is InChI=1S/C13H23FN2O3/c1-13(2,3)19-12(17)15-11-4-5-16(6-10(11)14)9-7-18-8-9/h9-11H,4-8H2,1-3H3,(H,15,17)/t10-,11+/m1/s1. The molecule has 6 heteroatoms. The monoisotopic (exact) mass is 274 g/mol. The number of alkyl halides is 1. The largest absolute Gasteiger partial charge is 0.444 e. The van der Waals surface area contributed by atoms with E-state index in [1.165, 1.54) is 0 Å². The van der Waals surface area contributed by atoms with Crippen LogP contribution >= 0.6 is 0 Å². The van der Waals surface area contributed by atoms with Crippen LogP contribution in [-0.4, -0.2) is 61.2 Å². The average molecular weight is 274 g/mol. The number of likely N-dealkylation sites (tertiary alicyclic amines) is 1. The van der Waals surface area contributed by atoms with E-state index < -0.39 is 23.9 Å². The van der Waals surface area contributed by atoms with Gasteiger partial charge in [0.15, 0.2) is 0 Å². The normalized spacial score (nSPS) is 29.7. The van der Waals surface area contributed by atoms with Crippen molar-refractivity contribution in [2.45, 2.75) is 51.0 Å². The van der Waals surface area contributed by atoms with Gasteiger partial charge < -0.3 is 14.8 Å². The Kier molecular flexibility index (Phi) is 4.30. The predicted molar refractivity (Wildman–Crippen MR) is 68.9 cm³/mol. The lowest BCUT2D eigenvalue weighted by molar-refractivity contribution is -0.0819. The summed E-state index contributed by atoms with van der Waals surface area (Å²) < 4.78 is 24.3. The van der Waals surface area contributed by atoms with Crippen molar-refractivity contribution in [2.75, 3.05) is 26.3 Å². The van der Waals surface area contributed by atoms with Crippen molar-refractivity contribution in [3.8, 4) is 0 Å². The third-order valence-corrected chi connectivity index (χ3v) is 3.41. The molecule has 5 nitrogen and oxygen atoms in total. The fourth-order valence-electron chi connectivity index (χ4n) is 2.32. The van der Waals surface area contributed by atoms with Crippen LogP contribution in [0.2, 0.25) is 0 Å². The molecule has 0 aromatic rings. The molecule has 2 aliphatic heterocycles. The highest BCUT2D eigenvalue weighted by molar-refractivity contribution is 5.68. The molecular weight excluding hydrogens is 251 g/mol. The van der Waals surface area contributed by atoms with Crippen LogP contribution in [0.3, 0.4) is 0 Å². The van der Waals surface area contributed by atoms with Crippen LogP contribution in [-0.2, 0) is 9.47 Å². The third kappa shape index (κ3) is 4.04. The van der Waals surface area contributed by atoms with Crippen LogP contribution in [0.4, 0.5) is 9.18 Å². The van der Waals surface area contributed by atoms with E-state index in [4.69, 9.17) is 9.47 Å². The second-order valence-corrected chi connectivity index (χ2v) is 6.24. The summed E-state index contributed by atoms with van der Waals surface area (Å²) in [4.78, 5) is 13.7. The molecule has 0 aliphatic carbocycles. The van der Waals surface area contributed by atoms with Crippen molar-refractivity contribution in [3.63, 3.8) is 0 Å². The average Bonchev–Trinajstić information content (AvgIpc) is 2.16. The minimum Gasteiger partial charge on any atom is -0.444 e. The molecule has 2 rings (SSSR count). The number of carbonyl (C=O) groups is 1. The van der Waals surface area contributed by atoms with Gasteiger partial charge in [-0.15, -0.1) is 0 Å². The summed E-state index contributed by atoms with van der Waals surface area (Å²) in [6.45, 7) is 7.90. The minimum atomic E-state index is -1.05. The summed E-state index contributed by atoms with van der Waals surface area (Å²) in [5.41, 5.74) is -0.556. The molecule has 0 aromatic carbocycles.